The highest BCUT2D eigenvalue weighted by Gasteiger charge is 2.11. The Kier molecular flexibility index (Phi) is 6.14. The van der Waals surface area contributed by atoms with Gasteiger partial charge in [-0.2, -0.15) is 4.98 Å². The Hall–Kier alpha value is -3.22. The van der Waals surface area contributed by atoms with Crippen LogP contribution in [-0.4, -0.2) is 22.7 Å². The van der Waals surface area contributed by atoms with Gasteiger partial charge in [-0.1, -0.05) is 17.3 Å². The van der Waals surface area contributed by atoms with Crippen molar-refractivity contribution in [2.45, 2.75) is 26.3 Å². The summed E-state index contributed by atoms with van der Waals surface area (Å²) >= 11 is 0. The molecule has 0 fully saturated rings. The summed E-state index contributed by atoms with van der Waals surface area (Å²) in [5.41, 5.74) is 1.65. The molecule has 3 rings (SSSR count). The fraction of sp³-hybridized carbons (Fsp3) is 0.250. The maximum Gasteiger partial charge on any atom is 0.227 e. The molecule has 0 atom stereocenters. The molecular formula is C20H20FN3O3. The molecular weight excluding hydrogens is 349 g/mol. The van der Waals surface area contributed by atoms with Crippen LogP contribution >= 0.6 is 0 Å². The van der Waals surface area contributed by atoms with Crippen molar-refractivity contribution in [3.63, 3.8) is 0 Å². The molecule has 0 radical (unpaired) electrons. The number of benzene rings is 2. The highest BCUT2D eigenvalue weighted by atomic mass is 19.1. The van der Waals surface area contributed by atoms with Crippen molar-refractivity contribution in [3.8, 4) is 17.1 Å². The van der Waals surface area contributed by atoms with Crippen LogP contribution in [0.15, 0.2) is 53.1 Å². The molecule has 7 heteroatoms. The molecule has 0 spiro atoms. The van der Waals surface area contributed by atoms with E-state index >= 15 is 0 Å². The van der Waals surface area contributed by atoms with Crippen molar-refractivity contribution in [2.24, 2.45) is 0 Å². The summed E-state index contributed by atoms with van der Waals surface area (Å²) in [7, 11) is 0. The minimum absolute atomic E-state index is 0.139. The van der Waals surface area contributed by atoms with Crippen molar-refractivity contribution in [1.82, 2.24) is 15.5 Å². The van der Waals surface area contributed by atoms with Crippen LogP contribution in [0.1, 0.15) is 24.8 Å². The lowest BCUT2D eigenvalue weighted by atomic mass is 10.2. The van der Waals surface area contributed by atoms with E-state index in [4.69, 9.17) is 9.26 Å². The second-order valence-electron chi connectivity index (χ2n) is 5.87. The van der Waals surface area contributed by atoms with Gasteiger partial charge in [-0.3, -0.25) is 4.79 Å². The average Bonchev–Trinajstić information content (AvgIpc) is 3.16. The average molecular weight is 369 g/mol. The number of nitrogens with zero attached hydrogens (tertiary/aromatic N) is 2. The van der Waals surface area contributed by atoms with Crippen molar-refractivity contribution >= 4 is 5.91 Å². The number of hydrogen-bond acceptors (Lipinski definition) is 5. The summed E-state index contributed by atoms with van der Waals surface area (Å²) in [5, 5.41) is 6.73. The lowest BCUT2D eigenvalue weighted by molar-refractivity contribution is -0.121. The molecule has 3 aromatic rings. The number of carbonyl (C=O) groups excluding carboxylic acids is 1. The number of aryl methyl sites for hydroxylation is 1. The van der Waals surface area contributed by atoms with E-state index in [1.807, 2.05) is 31.2 Å². The Labute approximate surface area is 156 Å². The van der Waals surface area contributed by atoms with Gasteiger partial charge in [0.25, 0.3) is 0 Å². The van der Waals surface area contributed by atoms with Crippen molar-refractivity contribution in [2.75, 3.05) is 6.61 Å². The van der Waals surface area contributed by atoms with E-state index in [9.17, 15) is 9.18 Å². The molecule has 0 saturated carbocycles. The first-order chi connectivity index (χ1) is 13.1. The lowest BCUT2D eigenvalue weighted by Gasteiger charge is -2.04. The van der Waals surface area contributed by atoms with Gasteiger partial charge >= 0.3 is 0 Å². The predicted molar refractivity (Wildman–Crippen MR) is 97.5 cm³/mol. The number of carbonyl (C=O) groups is 1. The first kappa shape index (κ1) is 18.6. The van der Waals surface area contributed by atoms with Gasteiger partial charge in [0.05, 0.1) is 6.61 Å². The molecule has 1 amide bonds. The minimum atomic E-state index is -0.301. The van der Waals surface area contributed by atoms with Crippen LogP contribution in [0.2, 0.25) is 0 Å². The number of ether oxygens (including phenoxy) is 1. The van der Waals surface area contributed by atoms with Gasteiger partial charge in [-0.05, 0) is 48.9 Å². The monoisotopic (exact) mass is 369 g/mol. The van der Waals surface area contributed by atoms with Gasteiger partial charge in [0.2, 0.25) is 17.6 Å². The molecule has 0 bridgehead atoms. The Morgan fingerprint density at radius 1 is 1.15 bits per heavy atom. The quantitative estimate of drug-likeness (QED) is 0.657. The zero-order chi connectivity index (χ0) is 19.1. The summed E-state index contributed by atoms with van der Waals surface area (Å²) in [6.45, 7) is 2.88. The van der Waals surface area contributed by atoms with Crippen LogP contribution < -0.4 is 10.1 Å². The molecule has 0 aliphatic carbocycles. The fourth-order valence-electron chi connectivity index (χ4n) is 2.45. The maximum atomic E-state index is 12.9. The number of amides is 1. The van der Waals surface area contributed by atoms with Crippen LogP contribution in [0.3, 0.4) is 0 Å². The van der Waals surface area contributed by atoms with E-state index < -0.39 is 0 Å². The van der Waals surface area contributed by atoms with E-state index in [0.717, 1.165) is 16.9 Å². The van der Waals surface area contributed by atoms with Crippen molar-refractivity contribution < 1.29 is 18.4 Å². The molecule has 27 heavy (non-hydrogen) atoms. The van der Waals surface area contributed by atoms with Gasteiger partial charge in [0.15, 0.2) is 0 Å². The predicted octanol–water partition coefficient (Wildman–Crippen LogP) is 3.52. The topological polar surface area (TPSA) is 77.2 Å². The number of nitrogens with one attached hydrogen (secondary N) is 1. The molecule has 0 unspecified atom stereocenters. The zero-order valence-corrected chi connectivity index (χ0v) is 14.9. The standard InChI is InChI=1S/C20H20FN3O3/c1-2-26-17-9-5-15(6-10-17)20-23-19(27-24-20)12-11-18(25)22-13-14-3-7-16(21)8-4-14/h3-10H,2,11-13H2,1H3,(H,22,25). The molecule has 0 aliphatic rings. The van der Waals surface area contributed by atoms with Crippen LogP contribution in [0.4, 0.5) is 4.39 Å². The van der Waals surface area contributed by atoms with E-state index in [0.29, 0.717) is 31.3 Å². The minimum Gasteiger partial charge on any atom is -0.494 e. The molecule has 2 aromatic carbocycles. The summed E-state index contributed by atoms with van der Waals surface area (Å²) in [4.78, 5) is 16.3. The van der Waals surface area contributed by atoms with Crippen molar-refractivity contribution in [3.05, 3.63) is 65.8 Å². The van der Waals surface area contributed by atoms with Gasteiger partial charge in [0, 0.05) is 24.9 Å². The molecule has 1 aromatic heterocycles. The van der Waals surface area contributed by atoms with Crippen LogP contribution in [0.25, 0.3) is 11.4 Å². The van der Waals surface area contributed by atoms with Crippen LogP contribution in [-0.2, 0) is 17.8 Å². The third kappa shape index (κ3) is 5.37. The highest BCUT2D eigenvalue weighted by molar-refractivity contribution is 5.76. The Morgan fingerprint density at radius 2 is 1.89 bits per heavy atom. The Balaban J connectivity index is 1.48. The highest BCUT2D eigenvalue weighted by Crippen LogP contribution is 2.20. The van der Waals surface area contributed by atoms with E-state index in [1.165, 1.54) is 12.1 Å². The molecule has 140 valence electrons. The number of hydrogen-bond donors (Lipinski definition) is 1. The van der Waals surface area contributed by atoms with E-state index in [2.05, 4.69) is 15.5 Å². The smallest absolute Gasteiger partial charge is 0.227 e. The molecule has 1 N–H and O–H groups in total. The summed E-state index contributed by atoms with van der Waals surface area (Å²) in [6, 6.07) is 13.4. The molecule has 0 aliphatic heterocycles. The largest absolute Gasteiger partial charge is 0.494 e. The van der Waals surface area contributed by atoms with Gasteiger partial charge in [-0.15, -0.1) is 0 Å². The summed E-state index contributed by atoms with van der Waals surface area (Å²) in [5.74, 6) is 1.21. The normalized spacial score (nSPS) is 10.6. The second-order valence-corrected chi connectivity index (χ2v) is 5.87. The van der Waals surface area contributed by atoms with Crippen molar-refractivity contribution in [1.29, 1.82) is 0 Å². The van der Waals surface area contributed by atoms with E-state index in [-0.39, 0.29) is 18.1 Å². The third-order valence-electron chi connectivity index (χ3n) is 3.86. The number of rotatable bonds is 8. The maximum absolute atomic E-state index is 12.9. The van der Waals surface area contributed by atoms with E-state index in [1.54, 1.807) is 12.1 Å². The van der Waals surface area contributed by atoms with Crippen LogP contribution in [0.5, 0.6) is 5.75 Å². The lowest BCUT2D eigenvalue weighted by Crippen LogP contribution is -2.23. The number of aromatic nitrogens is 2. The molecule has 0 saturated heterocycles. The molecule has 1 heterocycles. The second kappa shape index (κ2) is 8.93. The third-order valence-corrected chi connectivity index (χ3v) is 3.86. The molecule has 6 nitrogen and oxygen atoms in total. The SMILES string of the molecule is CCOc1ccc(-c2noc(CCC(=O)NCc3ccc(F)cc3)n2)cc1. The summed E-state index contributed by atoms with van der Waals surface area (Å²) in [6.07, 6.45) is 0.575. The summed E-state index contributed by atoms with van der Waals surface area (Å²) < 4.78 is 23.5. The van der Waals surface area contributed by atoms with Gasteiger partial charge in [0.1, 0.15) is 11.6 Å². The van der Waals surface area contributed by atoms with Gasteiger partial charge in [-0.25, -0.2) is 4.39 Å². The first-order valence-electron chi connectivity index (χ1n) is 8.71. The van der Waals surface area contributed by atoms with Crippen LogP contribution in [0, 0.1) is 5.82 Å². The Morgan fingerprint density at radius 3 is 2.59 bits per heavy atom. The zero-order valence-electron chi connectivity index (χ0n) is 14.9. The first-order valence-corrected chi connectivity index (χ1v) is 8.71. The van der Waals surface area contributed by atoms with Gasteiger partial charge < -0.3 is 14.6 Å². The Bertz CT molecular complexity index is 876. The number of halogens is 1. The fourth-order valence-corrected chi connectivity index (χ4v) is 2.45.